The van der Waals surface area contributed by atoms with Crippen LogP contribution in [0.2, 0.25) is 0 Å². The number of nitrogens with zero attached hydrogens (tertiary/aromatic N) is 3. The lowest BCUT2D eigenvalue weighted by molar-refractivity contribution is 0.107. The Morgan fingerprint density at radius 1 is 1.64 bits per heavy atom. The smallest absolute Gasteiger partial charge is 0.378 e. The van der Waals surface area contributed by atoms with Crippen LogP contribution in [-0.4, -0.2) is 21.1 Å². The van der Waals surface area contributed by atoms with Gasteiger partial charge in [-0.05, 0) is 13.8 Å². The highest BCUT2D eigenvalue weighted by Crippen LogP contribution is 1.83. The summed E-state index contributed by atoms with van der Waals surface area (Å²) in [6.07, 6.45) is 0. The average Bonchev–Trinajstić information content (AvgIpc) is 2.17. The van der Waals surface area contributed by atoms with Gasteiger partial charge in [0, 0.05) is 7.05 Å². The summed E-state index contributed by atoms with van der Waals surface area (Å²) in [5.41, 5.74) is -0.246. The fourth-order valence-corrected chi connectivity index (χ4v) is 0.848. The minimum Gasteiger partial charge on any atom is -0.408 e. The highest BCUT2D eigenvalue weighted by molar-refractivity contribution is 4.78. The predicted molar refractivity (Wildman–Crippen MR) is 39.3 cm³/mol. The second-order valence-electron chi connectivity index (χ2n) is 2.17. The SMILES string of the molecule is CCOn1c(C)nn(C)c1=O. The molecule has 0 atom stereocenters. The van der Waals surface area contributed by atoms with Gasteiger partial charge in [-0.1, -0.05) is 0 Å². The summed E-state index contributed by atoms with van der Waals surface area (Å²) in [5.74, 6) is 0.569. The van der Waals surface area contributed by atoms with Gasteiger partial charge >= 0.3 is 5.69 Å². The zero-order chi connectivity index (χ0) is 8.43. The minimum atomic E-state index is -0.246. The zero-order valence-electron chi connectivity index (χ0n) is 6.87. The standard InChI is InChI=1S/C6H11N3O2/c1-4-11-9-5(2)7-8(3)6(9)10/h4H2,1-3H3. The fraction of sp³-hybridized carbons (Fsp3) is 0.667. The van der Waals surface area contributed by atoms with Crippen LogP contribution in [0.3, 0.4) is 0 Å². The summed E-state index contributed by atoms with van der Waals surface area (Å²) in [6.45, 7) is 4.00. The molecule has 1 aromatic rings. The molecule has 0 saturated heterocycles. The molecule has 0 aliphatic carbocycles. The van der Waals surface area contributed by atoms with Crippen LogP contribution >= 0.6 is 0 Å². The van der Waals surface area contributed by atoms with Crippen molar-refractivity contribution in [3.8, 4) is 0 Å². The van der Waals surface area contributed by atoms with Gasteiger partial charge in [0.25, 0.3) is 0 Å². The fourth-order valence-electron chi connectivity index (χ4n) is 0.848. The van der Waals surface area contributed by atoms with E-state index in [9.17, 15) is 4.79 Å². The van der Waals surface area contributed by atoms with E-state index in [0.29, 0.717) is 12.4 Å². The van der Waals surface area contributed by atoms with Crippen molar-refractivity contribution in [3.63, 3.8) is 0 Å². The van der Waals surface area contributed by atoms with Crippen molar-refractivity contribution in [1.82, 2.24) is 14.5 Å². The van der Waals surface area contributed by atoms with E-state index < -0.39 is 0 Å². The summed E-state index contributed by atoms with van der Waals surface area (Å²) < 4.78 is 2.42. The van der Waals surface area contributed by atoms with E-state index in [1.54, 1.807) is 14.0 Å². The maximum absolute atomic E-state index is 11.1. The lowest BCUT2D eigenvalue weighted by Crippen LogP contribution is -2.28. The van der Waals surface area contributed by atoms with Crippen molar-refractivity contribution in [3.05, 3.63) is 16.3 Å². The number of hydrogen-bond donors (Lipinski definition) is 0. The van der Waals surface area contributed by atoms with Crippen molar-refractivity contribution in [1.29, 1.82) is 0 Å². The van der Waals surface area contributed by atoms with Crippen molar-refractivity contribution >= 4 is 0 Å². The summed E-state index contributed by atoms with van der Waals surface area (Å²) in [7, 11) is 1.59. The van der Waals surface area contributed by atoms with Crippen LogP contribution < -0.4 is 10.5 Å². The molecule has 0 aliphatic rings. The van der Waals surface area contributed by atoms with Gasteiger partial charge in [0.15, 0.2) is 5.82 Å². The van der Waals surface area contributed by atoms with Gasteiger partial charge in [-0.15, -0.1) is 4.73 Å². The second-order valence-corrected chi connectivity index (χ2v) is 2.17. The van der Waals surface area contributed by atoms with Gasteiger partial charge in [0.05, 0.1) is 0 Å². The molecule has 0 unspecified atom stereocenters. The summed E-state index contributed by atoms with van der Waals surface area (Å²) >= 11 is 0. The maximum Gasteiger partial charge on any atom is 0.378 e. The molecule has 62 valence electrons. The summed E-state index contributed by atoms with van der Waals surface area (Å²) in [4.78, 5) is 16.1. The molecular weight excluding hydrogens is 146 g/mol. The first-order chi connectivity index (χ1) is 5.16. The Morgan fingerprint density at radius 3 is 2.64 bits per heavy atom. The normalized spacial score (nSPS) is 10.1. The molecule has 5 heteroatoms. The van der Waals surface area contributed by atoms with Crippen LogP contribution in [-0.2, 0) is 7.05 Å². The van der Waals surface area contributed by atoms with Gasteiger partial charge in [0.1, 0.15) is 6.61 Å². The molecule has 11 heavy (non-hydrogen) atoms. The van der Waals surface area contributed by atoms with Crippen molar-refractivity contribution in [2.24, 2.45) is 7.05 Å². The van der Waals surface area contributed by atoms with Crippen molar-refractivity contribution < 1.29 is 4.84 Å². The van der Waals surface area contributed by atoms with Crippen LogP contribution in [0.25, 0.3) is 0 Å². The predicted octanol–water partition coefficient (Wildman–Crippen LogP) is -0.661. The Labute approximate surface area is 64.2 Å². The first kappa shape index (κ1) is 7.84. The van der Waals surface area contributed by atoms with Gasteiger partial charge in [-0.2, -0.15) is 5.10 Å². The van der Waals surface area contributed by atoms with Crippen LogP contribution in [0.4, 0.5) is 0 Å². The molecule has 0 aliphatic heterocycles. The van der Waals surface area contributed by atoms with Gasteiger partial charge in [0.2, 0.25) is 0 Å². The molecule has 0 spiro atoms. The Bertz CT molecular complexity index is 299. The minimum absolute atomic E-state index is 0.246. The van der Waals surface area contributed by atoms with E-state index in [-0.39, 0.29) is 5.69 Å². The third-order valence-electron chi connectivity index (χ3n) is 1.30. The van der Waals surface area contributed by atoms with E-state index in [2.05, 4.69) is 5.10 Å². The molecule has 0 bridgehead atoms. The van der Waals surface area contributed by atoms with Crippen LogP contribution in [0, 0.1) is 6.92 Å². The van der Waals surface area contributed by atoms with Gasteiger partial charge < -0.3 is 4.84 Å². The number of aryl methyl sites for hydroxylation is 2. The largest absolute Gasteiger partial charge is 0.408 e. The lowest BCUT2D eigenvalue weighted by atomic mass is 10.7. The van der Waals surface area contributed by atoms with Crippen molar-refractivity contribution in [2.75, 3.05) is 6.61 Å². The molecular formula is C6H11N3O2. The Balaban J connectivity index is 3.12. The molecule has 1 aromatic heterocycles. The lowest BCUT2D eigenvalue weighted by Gasteiger charge is -2.00. The van der Waals surface area contributed by atoms with Gasteiger partial charge in [-0.25, -0.2) is 9.48 Å². The monoisotopic (exact) mass is 157 g/mol. The number of rotatable bonds is 2. The van der Waals surface area contributed by atoms with Crippen LogP contribution in [0.1, 0.15) is 12.7 Å². The molecule has 1 heterocycles. The van der Waals surface area contributed by atoms with Crippen LogP contribution in [0.5, 0.6) is 0 Å². The molecule has 0 fully saturated rings. The first-order valence-corrected chi connectivity index (χ1v) is 3.42. The van der Waals surface area contributed by atoms with E-state index in [1.807, 2.05) is 6.92 Å². The van der Waals surface area contributed by atoms with E-state index in [4.69, 9.17) is 4.84 Å². The Kier molecular flexibility index (Phi) is 1.98. The molecule has 1 rings (SSSR count). The van der Waals surface area contributed by atoms with Crippen LogP contribution in [0.15, 0.2) is 4.79 Å². The second kappa shape index (κ2) is 2.77. The molecule has 5 nitrogen and oxygen atoms in total. The molecule has 0 amide bonds. The maximum atomic E-state index is 11.1. The third kappa shape index (κ3) is 1.26. The zero-order valence-corrected chi connectivity index (χ0v) is 6.87. The quantitative estimate of drug-likeness (QED) is 0.572. The number of hydrogen-bond acceptors (Lipinski definition) is 3. The van der Waals surface area contributed by atoms with E-state index in [1.165, 1.54) is 9.41 Å². The van der Waals surface area contributed by atoms with E-state index in [0.717, 1.165) is 0 Å². The molecule has 0 saturated carbocycles. The first-order valence-electron chi connectivity index (χ1n) is 3.42. The topological polar surface area (TPSA) is 49.0 Å². The summed E-state index contributed by atoms with van der Waals surface area (Å²) in [6, 6.07) is 0. The Morgan fingerprint density at radius 2 is 2.27 bits per heavy atom. The Hall–Kier alpha value is -1.26. The molecule has 0 aromatic carbocycles. The molecule has 0 N–H and O–H groups in total. The highest BCUT2D eigenvalue weighted by Gasteiger charge is 2.05. The summed E-state index contributed by atoms with van der Waals surface area (Å²) in [5, 5.41) is 3.87. The number of aromatic nitrogens is 3. The average molecular weight is 157 g/mol. The van der Waals surface area contributed by atoms with Crippen molar-refractivity contribution in [2.45, 2.75) is 13.8 Å². The van der Waals surface area contributed by atoms with Gasteiger partial charge in [-0.3, -0.25) is 0 Å². The molecule has 0 radical (unpaired) electrons. The third-order valence-corrected chi connectivity index (χ3v) is 1.30. The highest BCUT2D eigenvalue weighted by atomic mass is 16.7. The van der Waals surface area contributed by atoms with E-state index >= 15 is 0 Å².